The molecule has 0 fully saturated rings. The van der Waals surface area contributed by atoms with Crippen LogP contribution in [0.1, 0.15) is 6.42 Å². The van der Waals surface area contributed by atoms with E-state index in [0.29, 0.717) is 0 Å². The van der Waals surface area contributed by atoms with Crippen LogP contribution >= 0.6 is 35.1 Å². The van der Waals surface area contributed by atoms with Gasteiger partial charge in [-0.3, -0.25) is 4.99 Å². The summed E-state index contributed by atoms with van der Waals surface area (Å²) in [4.78, 5) is 5.63. The van der Waals surface area contributed by atoms with Crippen LogP contribution in [0.3, 0.4) is 0 Å². The van der Waals surface area contributed by atoms with E-state index in [2.05, 4.69) is 11.1 Å². The molecule has 0 N–H and O–H groups in total. The van der Waals surface area contributed by atoms with Gasteiger partial charge >= 0.3 is 0 Å². The van der Waals surface area contributed by atoms with Gasteiger partial charge in [0.1, 0.15) is 4.38 Å². The van der Waals surface area contributed by atoms with Crippen molar-refractivity contribution in [3.63, 3.8) is 0 Å². The molecular weight excluding hydrogens is 234 g/mol. The van der Waals surface area contributed by atoms with Gasteiger partial charge in [0.15, 0.2) is 0 Å². The van der Waals surface area contributed by atoms with Gasteiger partial charge in [0.05, 0.1) is 0 Å². The molecule has 0 bridgehead atoms. The number of hydrogen-bond donors (Lipinski definition) is 0. The Balaban J connectivity index is 2.06. The van der Waals surface area contributed by atoms with Crippen LogP contribution < -0.4 is 0 Å². The fraction of sp³-hybridized carbons (Fsp3) is 0.300. The summed E-state index contributed by atoms with van der Waals surface area (Å²) in [5.41, 5.74) is 0. The third kappa shape index (κ3) is 2.94. The molecule has 1 aliphatic rings. The lowest BCUT2D eigenvalue weighted by Gasteiger charge is -2.10. The minimum Gasteiger partial charge on any atom is -0.271 e. The zero-order valence-electron chi connectivity index (χ0n) is 7.57. The van der Waals surface area contributed by atoms with E-state index in [9.17, 15) is 0 Å². The van der Waals surface area contributed by atoms with Gasteiger partial charge in [0, 0.05) is 22.2 Å². The molecule has 1 nitrogen and oxygen atoms in total. The van der Waals surface area contributed by atoms with Gasteiger partial charge in [-0.05, 0) is 24.6 Å². The van der Waals surface area contributed by atoms with Gasteiger partial charge in [-0.15, -0.1) is 0 Å². The van der Waals surface area contributed by atoms with E-state index >= 15 is 0 Å². The molecule has 1 aliphatic heterocycles. The van der Waals surface area contributed by atoms with E-state index in [1.54, 1.807) is 11.8 Å². The van der Waals surface area contributed by atoms with Crippen LogP contribution in [0, 0.1) is 0 Å². The molecule has 1 aromatic carbocycles. The summed E-state index contributed by atoms with van der Waals surface area (Å²) < 4.78 is 1.17. The number of thioether (sulfide) groups is 2. The monoisotopic (exact) mass is 243 g/mol. The van der Waals surface area contributed by atoms with Crippen molar-refractivity contribution < 1.29 is 0 Å². The van der Waals surface area contributed by atoms with Gasteiger partial charge < -0.3 is 0 Å². The normalized spacial score (nSPS) is 16.5. The first-order chi connectivity index (χ1) is 6.84. The average Bonchev–Trinajstić information content (AvgIpc) is 2.19. The Morgan fingerprint density at radius 3 is 3.07 bits per heavy atom. The Hall–Kier alpha value is -0.120. The van der Waals surface area contributed by atoms with Crippen molar-refractivity contribution in [1.29, 1.82) is 0 Å². The summed E-state index contributed by atoms with van der Waals surface area (Å²) in [5, 5.41) is 0.788. The van der Waals surface area contributed by atoms with E-state index in [1.165, 1.54) is 21.4 Å². The second kappa shape index (κ2) is 5.10. The van der Waals surface area contributed by atoms with E-state index in [1.807, 2.05) is 30.0 Å². The third-order valence-electron chi connectivity index (χ3n) is 1.77. The molecule has 0 saturated heterocycles. The van der Waals surface area contributed by atoms with Crippen LogP contribution in [0.25, 0.3) is 0 Å². The molecule has 0 unspecified atom stereocenters. The highest BCUT2D eigenvalue weighted by molar-refractivity contribution is 8.38. The second-order valence-electron chi connectivity index (χ2n) is 2.91. The Kier molecular flexibility index (Phi) is 3.79. The van der Waals surface area contributed by atoms with Crippen molar-refractivity contribution in [1.82, 2.24) is 0 Å². The minimum atomic E-state index is 0.788. The lowest BCUT2D eigenvalue weighted by atomic mass is 10.4. The molecule has 4 heteroatoms. The van der Waals surface area contributed by atoms with Gasteiger partial charge in [-0.1, -0.05) is 41.2 Å². The highest BCUT2D eigenvalue weighted by atomic mass is 35.5. The maximum Gasteiger partial charge on any atom is 0.129 e. The first-order valence-corrected chi connectivity index (χ1v) is 6.63. The largest absolute Gasteiger partial charge is 0.271 e. The van der Waals surface area contributed by atoms with Gasteiger partial charge in [-0.2, -0.15) is 0 Å². The van der Waals surface area contributed by atoms with E-state index in [-0.39, 0.29) is 0 Å². The van der Waals surface area contributed by atoms with E-state index < -0.39 is 0 Å². The number of rotatable bonds is 1. The van der Waals surface area contributed by atoms with Crippen LogP contribution in [0.2, 0.25) is 5.02 Å². The molecule has 0 aliphatic carbocycles. The smallest absolute Gasteiger partial charge is 0.129 e. The van der Waals surface area contributed by atoms with Crippen molar-refractivity contribution in [3.05, 3.63) is 29.3 Å². The van der Waals surface area contributed by atoms with Crippen molar-refractivity contribution in [2.45, 2.75) is 11.3 Å². The van der Waals surface area contributed by atoms with Crippen LogP contribution in [0.5, 0.6) is 0 Å². The Labute approximate surface area is 97.3 Å². The van der Waals surface area contributed by atoms with Crippen LogP contribution in [-0.4, -0.2) is 16.7 Å². The molecule has 1 heterocycles. The number of hydrogen-bond acceptors (Lipinski definition) is 3. The number of nitrogens with zero attached hydrogens (tertiary/aromatic N) is 1. The molecular formula is C10H10ClNS2. The third-order valence-corrected chi connectivity index (χ3v) is 4.27. The highest BCUT2D eigenvalue weighted by Gasteiger charge is 2.07. The van der Waals surface area contributed by atoms with Crippen LogP contribution in [0.4, 0.5) is 0 Å². The summed E-state index contributed by atoms with van der Waals surface area (Å²) in [6, 6.07) is 7.90. The van der Waals surface area contributed by atoms with E-state index in [4.69, 9.17) is 11.6 Å². The summed E-state index contributed by atoms with van der Waals surface area (Å²) >= 11 is 9.44. The molecule has 0 saturated carbocycles. The maximum absolute atomic E-state index is 5.90. The molecule has 1 aromatic rings. The summed E-state index contributed by atoms with van der Waals surface area (Å²) in [7, 11) is 0. The van der Waals surface area contributed by atoms with Crippen molar-refractivity contribution in [3.8, 4) is 0 Å². The Morgan fingerprint density at radius 2 is 2.36 bits per heavy atom. The summed E-state index contributed by atoms with van der Waals surface area (Å²) in [6.45, 7) is 0.968. The van der Waals surface area contributed by atoms with Crippen LogP contribution in [-0.2, 0) is 0 Å². The van der Waals surface area contributed by atoms with Crippen molar-refractivity contribution in [2.75, 3.05) is 12.3 Å². The molecule has 0 atom stereocenters. The number of aliphatic imine (C=N–C) groups is 1. The minimum absolute atomic E-state index is 0.788. The molecule has 2 rings (SSSR count). The fourth-order valence-electron chi connectivity index (χ4n) is 1.13. The first-order valence-electron chi connectivity index (χ1n) is 4.45. The fourth-order valence-corrected chi connectivity index (χ4v) is 3.48. The molecule has 0 radical (unpaired) electrons. The van der Waals surface area contributed by atoms with E-state index in [0.717, 1.165) is 11.6 Å². The lowest BCUT2D eigenvalue weighted by molar-refractivity contribution is 0.942. The van der Waals surface area contributed by atoms with Gasteiger partial charge in [-0.25, -0.2) is 0 Å². The van der Waals surface area contributed by atoms with Crippen LogP contribution in [0.15, 0.2) is 34.2 Å². The molecule has 14 heavy (non-hydrogen) atoms. The predicted molar refractivity (Wildman–Crippen MR) is 66.7 cm³/mol. The average molecular weight is 244 g/mol. The SMILES string of the molecule is Clc1cccc(SC2=NCCCS2)c1. The zero-order valence-corrected chi connectivity index (χ0v) is 9.96. The number of benzene rings is 1. The predicted octanol–water partition coefficient (Wildman–Crippen LogP) is 3.93. The Bertz CT molecular complexity index is 352. The molecule has 0 amide bonds. The standard InChI is InChI=1S/C10H10ClNS2/c11-8-3-1-4-9(7-8)14-10-12-5-2-6-13-10/h1,3-4,7H,2,5-6H2. The number of halogens is 1. The second-order valence-corrected chi connectivity index (χ2v) is 5.75. The summed E-state index contributed by atoms with van der Waals surface area (Å²) in [5.74, 6) is 1.19. The highest BCUT2D eigenvalue weighted by Crippen LogP contribution is 2.29. The lowest BCUT2D eigenvalue weighted by Crippen LogP contribution is -1.99. The quantitative estimate of drug-likeness (QED) is 0.741. The van der Waals surface area contributed by atoms with Gasteiger partial charge in [0.2, 0.25) is 0 Å². The molecule has 74 valence electrons. The first kappa shape index (κ1) is 10.4. The molecule has 0 aromatic heterocycles. The maximum atomic E-state index is 5.90. The Morgan fingerprint density at radius 1 is 1.43 bits per heavy atom. The zero-order chi connectivity index (χ0) is 9.80. The summed E-state index contributed by atoms with van der Waals surface area (Å²) in [6.07, 6.45) is 1.20. The van der Waals surface area contributed by atoms with Gasteiger partial charge in [0.25, 0.3) is 0 Å². The van der Waals surface area contributed by atoms with Crippen molar-refractivity contribution in [2.24, 2.45) is 4.99 Å². The topological polar surface area (TPSA) is 12.4 Å². The van der Waals surface area contributed by atoms with Crippen molar-refractivity contribution >= 4 is 39.5 Å². The molecule has 0 spiro atoms.